The number of carbonyl (C=O) groups is 3. The lowest BCUT2D eigenvalue weighted by atomic mass is 9.98. The van der Waals surface area contributed by atoms with E-state index in [0.29, 0.717) is 23.4 Å². The van der Waals surface area contributed by atoms with Gasteiger partial charge in [0.2, 0.25) is 5.91 Å². The van der Waals surface area contributed by atoms with Crippen LogP contribution in [0, 0.1) is 5.92 Å². The van der Waals surface area contributed by atoms with Crippen LogP contribution in [0.3, 0.4) is 0 Å². The molecule has 2 aromatic rings. The third kappa shape index (κ3) is 9.81. The molecule has 2 atom stereocenters. The van der Waals surface area contributed by atoms with Crippen molar-refractivity contribution in [1.29, 1.82) is 0 Å². The minimum Gasteiger partial charge on any atom is -0.508 e. The predicted octanol–water partition coefficient (Wildman–Crippen LogP) is 5.65. The Morgan fingerprint density at radius 1 is 1.03 bits per heavy atom. The second-order valence-corrected chi connectivity index (χ2v) is 10.8. The number of phenolic OH excluding ortho intramolecular Hbond substituents is 1. The number of aromatic hydroxyl groups is 1. The third-order valence-corrected chi connectivity index (χ3v) is 5.99. The van der Waals surface area contributed by atoms with E-state index in [1.807, 2.05) is 13.8 Å². The van der Waals surface area contributed by atoms with Crippen LogP contribution >= 0.6 is 0 Å². The van der Waals surface area contributed by atoms with Gasteiger partial charge in [0.25, 0.3) is 5.91 Å². The summed E-state index contributed by atoms with van der Waals surface area (Å²) in [7, 11) is 1.56. The lowest BCUT2D eigenvalue weighted by Crippen LogP contribution is -2.54. The van der Waals surface area contributed by atoms with Crippen molar-refractivity contribution >= 4 is 23.6 Å². The molecule has 0 fully saturated rings. The first-order valence-corrected chi connectivity index (χ1v) is 13.4. The van der Waals surface area contributed by atoms with Gasteiger partial charge in [-0.2, -0.15) is 0 Å². The normalized spacial score (nSPS) is 12.8. The molecule has 9 heteroatoms. The number of phenols is 1. The van der Waals surface area contributed by atoms with E-state index in [-0.39, 0.29) is 18.2 Å². The Kier molecular flexibility index (Phi) is 11.6. The van der Waals surface area contributed by atoms with Crippen LogP contribution in [0.25, 0.3) is 0 Å². The Morgan fingerprint density at radius 2 is 1.69 bits per heavy atom. The number of benzene rings is 2. The number of ether oxygens (including phenoxy) is 2. The van der Waals surface area contributed by atoms with Gasteiger partial charge < -0.3 is 30.1 Å². The molecule has 0 radical (unpaired) electrons. The lowest BCUT2D eigenvalue weighted by molar-refractivity contribution is -0.141. The van der Waals surface area contributed by atoms with Gasteiger partial charge in [-0.25, -0.2) is 4.79 Å². The molecule has 0 heterocycles. The number of hydrogen-bond acceptors (Lipinski definition) is 6. The van der Waals surface area contributed by atoms with Crippen LogP contribution < -0.4 is 15.4 Å². The van der Waals surface area contributed by atoms with Crippen LogP contribution in [0.2, 0.25) is 0 Å². The highest BCUT2D eigenvalue weighted by molar-refractivity contribution is 5.99. The van der Waals surface area contributed by atoms with Gasteiger partial charge in [0.15, 0.2) is 0 Å². The number of nitrogens with zero attached hydrogens (tertiary/aromatic N) is 1. The number of amides is 3. The number of alkyl carbamates (subject to hydrolysis) is 1. The van der Waals surface area contributed by atoms with Gasteiger partial charge in [-0.1, -0.05) is 45.7 Å². The molecule has 0 bridgehead atoms. The van der Waals surface area contributed by atoms with Crippen LogP contribution in [0.4, 0.5) is 10.5 Å². The van der Waals surface area contributed by atoms with Gasteiger partial charge in [0.1, 0.15) is 29.2 Å². The van der Waals surface area contributed by atoms with Gasteiger partial charge in [0, 0.05) is 12.2 Å². The van der Waals surface area contributed by atoms with E-state index in [1.165, 1.54) is 17.0 Å². The fourth-order valence-electron chi connectivity index (χ4n) is 4.08. The highest BCUT2D eigenvalue weighted by Gasteiger charge is 2.37. The molecule has 2 aromatic carbocycles. The van der Waals surface area contributed by atoms with Crippen LogP contribution in [-0.2, 0) is 14.3 Å². The van der Waals surface area contributed by atoms with Gasteiger partial charge >= 0.3 is 6.09 Å². The molecule has 2 unspecified atom stereocenters. The summed E-state index contributed by atoms with van der Waals surface area (Å²) in [6.07, 6.45) is 1.72. The fourth-order valence-corrected chi connectivity index (χ4v) is 4.08. The van der Waals surface area contributed by atoms with Crippen LogP contribution in [-0.4, -0.2) is 53.2 Å². The molecule has 0 aliphatic rings. The van der Waals surface area contributed by atoms with Crippen molar-refractivity contribution in [3.63, 3.8) is 0 Å². The molecule has 3 N–H and O–H groups in total. The summed E-state index contributed by atoms with van der Waals surface area (Å²) in [4.78, 5) is 42.1. The molecule has 0 aromatic heterocycles. The molecule has 9 nitrogen and oxygen atoms in total. The second-order valence-electron chi connectivity index (χ2n) is 10.8. The van der Waals surface area contributed by atoms with E-state index in [9.17, 15) is 19.5 Å². The summed E-state index contributed by atoms with van der Waals surface area (Å²) in [5.41, 5.74) is 0.238. The molecule has 39 heavy (non-hydrogen) atoms. The highest BCUT2D eigenvalue weighted by Crippen LogP contribution is 2.28. The van der Waals surface area contributed by atoms with Crippen LogP contribution in [0.1, 0.15) is 72.4 Å². The van der Waals surface area contributed by atoms with Crippen molar-refractivity contribution in [3.8, 4) is 11.5 Å². The first kappa shape index (κ1) is 31.5. The Balaban J connectivity index is 2.51. The third-order valence-electron chi connectivity index (χ3n) is 5.99. The summed E-state index contributed by atoms with van der Waals surface area (Å²) in [6, 6.07) is 11.2. The zero-order chi connectivity index (χ0) is 29.2. The summed E-state index contributed by atoms with van der Waals surface area (Å²) < 4.78 is 10.6. The van der Waals surface area contributed by atoms with Gasteiger partial charge in [0.05, 0.1) is 7.11 Å². The molecule has 0 saturated carbocycles. The minimum atomic E-state index is -1.06. The van der Waals surface area contributed by atoms with Crippen molar-refractivity contribution in [3.05, 3.63) is 54.1 Å². The van der Waals surface area contributed by atoms with E-state index in [4.69, 9.17) is 9.47 Å². The van der Waals surface area contributed by atoms with Gasteiger partial charge in [-0.05, 0) is 75.1 Å². The molecule has 0 saturated heterocycles. The van der Waals surface area contributed by atoms with Crippen LogP contribution in [0.5, 0.6) is 11.5 Å². The number of nitrogens with one attached hydrogen (secondary N) is 2. The Labute approximate surface area is 231 Å². The average Bonchev–Trinajstić information content (AvgIpc) is 2.85. The standard InChI is InChI=1S/C30H43N3O6/c1-8-9-10-18-33(28(36)25(20(2)3)32-29(37)39-30(4,5)6)26(21-12-11-13-23(34)19-21)27(35)31-22-14-16-24(38-7)17-15-22/h11-17,19-20,25-26,34H,8-10,18H2,1-7H3,(H,31,35)(H,32,37). The SMILES string of the molecule is CCCCCN(C(=O)C(NC(=O)OC(C)(C)C)C(C)C)C(C(=O)Nc1ccc(OC)cc1)c1cccc(O)c1. The van der Waals surface area contributed by atoms with Crippen molar-refractivity contribution in [1.82, 2.24) is 10.2 Å². The zero-order valence-corrected chi connectivity index (χ0v) is 24.1. The Hall–Kier alpha value is -3.75. The summed E-state index contributed by atoms with van der Waals surface area (Å²) in [6.45, 7) is 11.2. The van der Waals surface area contributed by atoms with E-state index >= 15 is 0 Å². The predicted molar refractivity (Wildman–Crippen MR) is 152 cm³/mol. The van der Waals surface area contributed by atoms with Gasteiger partial charge in [-0.15, -0.1) is 0 Å². The molecular weight excluding hydrogens is 498 g/mol. The average molecular weight is 542 g/mol. The first-order chi connectivity index (χ1) is 18.4. The summed E-state index contributed by atoms with van der Waals surface area (Å²) in [5.74, 6) is -0.529. The molecular formula is C30H43N3O6. The largest absolute Gasteiger partial charge is 0.508 e. The maximum atomic E-state index is 14.1. The van der Waals surface area contributed by atoms with Crippen molar-refractivity contribution in [2.45, 2.75) is 78.5 Å². The Morgan fingerprint density at radius 3 is 2.23 bits per heavy atom. The fraction of sp³-hybridized carbons (Fsp3) is 0.500. The smallest absolute Gasteiger partial charge is 0.408 e. The van der Waals surface area contributed by atoms with E-state index in [0.717, 1.165) is 12.8 Å². The number of rotatable bonds is 12. The molecule has 0 spiro atoms. The molecule has 214 valence electrons. The number of hydrogen-bond donors (Lipinski definition) is 3. The summed E-state index contributed by atoms with van der Waals surface area (Å²) >= 11 is 0. The molecule has 0 aliphatic heterocycles. The van der Waals surface area contributed by atoms with Crippen LogP contribution in [0.15, 0.2) is 48.5 Å². The van der Waals surface area contributed by atoms with Gasteiger partial charge in [-0.3, -0.25) is 9.59 Å². The zero-order valence-electron chi connectivity index (χ0n) is 24.1. The molecule has 3 amide bonds. The number of unbranched alkanes of at least 4 members (excludes halogenated alkanes) is 2. The number of methoxy groups -OCH3 is 1. The first-order valence-electron chi connectivity index (χ1n) is 13.4. The second kappa shape index (κ2) is 14.4. The minimum absolute atomic E-state index is 0.0250. The lowest BCUT2D eigenvalue weighted by Gasteiger charge is -2.35. The van der Waals surface area contributed by atoms with Crippen molar-refractivity contribution in [2.24, 2.45) is 5.92 Å². The topological polar surface area (TPSA) is 117 Å². The molecule has 2 rings (SSSR count). The monoisotopic (exact) mass is 541 g/mol. The highest BCUT2D eigenvalue weighted by atomic mass is 16.6. The van der Waals surface area contributed by atoms with E-state index < -0.39 is 35.6 Å². The summed E-state index contributed by atoms with van der Waals surface area (Å²) in [5, 5.41) is 15.8. The molecule has 0 aliphatic carbocycles. The number of carbonyl (C=O) groups excluding carboxylic acids is 3. The maximum Gasteiger partial charge on any atom is 0.408 e. The van der Waals surface area contributed by atoms with E-state index in [2.05, 4.69) is 17.6 Å². The van der Waals surface area contributed by atoms with E-state index in [1.54, 1.807) is 64.3 Å². The number of anilines is 1. The maximum absolute atomic E-state index is 14.1. The Bertz CT molecular complexity index is 1090. The van der Waals surface area contributed by atoms with Crippen molar-refractivity contribution < 1.29 is 29.0 Å². The van der Waals surface area contributed by atoms with Crippen molar-refractivity contribution in [2.75, 3.05) is 19.0 Å². The quantitative estimate of drug-likeness (QED) is 0.299.